The fourth-order valence-electron chi connectivity index (χ4n) is 1.81. The number of aryl methyl sites for hydroxylation is 1. The number of hydrogen-bond acceptors (Lipinski definition) is 3. The third kappa shape index (κ3) is 3.31. The summed E-state index contributed by atoms with van der Waals surface area (Å²) in [7, 11) is 0. The van der Waals surface area contributed by atoms with Crippen LogP contribution in [0.5, 0.6) is 5.75 Å². The van der Waals surface area contributed by atoms with E-state index in [1.54, 1.807) is 37.5 Å². The molecule has 0 fully saturated rings. The molecule has 98 valence electrons. The molecule has 4 heteroatoms. The van der Waals surface area contributed by atoms with Gasteiger partial charge in [-0.15, -0.1) is 0 Å². The van der Waals surface area contributed by atoms with Gasteiger partial charge in [0.2, 0.25) is 0 Å². The SMILES string of the molecule is Cc1cccc(C(=O)NCCc2ccncc2)c1O. The van der Waals surface area contributed by atoms with E-state index in [0.717, 1.165) is 12.0 Å². The Morgan fingerprint density at radius 2 is 2.00 bits per heavy atom. The molecule has 0 unspecified atom stereocenters. The third-order valence-electron chi connectivity index (χ3n) is 2.93. The van der Waals surface area contributed by atoms with Crippen LogP contribution in [0.4, 0.5) is 0 Å². The zero-order valence-electron chi connectivity index (χ0n) is 10.8. The first-order chi connectivity index (χ1) is 9.18. The largest absolute Gasteiger partial charge is 0.507 e. The highest BCUT2D eigenvalue weighted by molar-refractivity contribution is 5.97. The highest BCUT2D eigenvalue weighted by Crippen LogP contribution is 2.20. The van der Waals surface area contributed by atoms with Crippen LogP contribution in [0, 0.1) is 6.92 Å². The molecule has 0 atom stereocenters. The number of nitrogens with one attached hydrogen (secondary N) is 1. The second kappa shape index (κ2) is 6.00. The lowest BCUT2D eigenvalue weighted by molar-refractivity contribution is 0.0951. The van der Waals surface area contributed by atoms with Crippen LogP contribution in [0.1, 0.15) is 21.5 Å². The highest BCUT2D eigenvalue weighted by Gasteiger charge is 2.11. The first kappa shape index (κ1) is 13.1. The summed E-state index contributed by atoms with van der Waals surface area (Å²) in [5, 5.41) is 12.6. The maximum Gasteiger partial charge on any atom is 0.255 e. The van der Waals surface area contributed by atoms with E-state index >= 15 is 0 Å². The lowest BCUT2D eigenvalue weighted by atomic mass is 10.1. The monoisotopic (exact) mass is 256 g/mol. The summed E-state index contributed by atoms with van der Waals surface area (Å²) in [6, 6.07) is 8.96. The quantitative estimate of drug-likeness (QED) is 0.880. The van der Waals surface area contributed by atoms with Crippen molar-refractivity contribution < 1.29 is 9.90 Å². The number of carbonyl (C=O) groups excluding carboxylic acids is 1. The van der Waals surface area contributed by atoms with Gasteiger partial charge >= 0.3 is 0 Å². The van der Waals surface area contributed by atoms with Crippen LogP contribution >= 0.6 is 0 Å². The Morgan fingerprint density at radius 3 is 2.74 bits per heavy atom. The molecule has 1 amide bonds. The van der Waals surface area contributed by atoms with Gasteiger partial charge in [-0.05, 0) is 42.7 Å². The Morgan fingerprint density at radius 1 is 1.26 bits per heavy atom. The molecular weight excluding hydrogens is 240 g/mol. The van der Waals surface area contributed by atoms with Crippen molar-refractivity contribution >= 4 is 5.91 Å². The summed E-state index contributed by atoms with van der Waals surface area (Å²) in [6.07, 6.45) is 4.19. The number of hydrogen-bond donors (Lipinski definition) is 2. The number of benzene rings is 1. The number of amides is 1. The molecule has 19 heavy (non-hydrogen) atoms. The number of aromatic nitrogens is 1. The normalized spacial score (nSPS) is 10.2. The van der Waals surface area contributed by atoms with Crippen LogP contribution in [0.25, 0.3) is 0 Å². The average Bonchev–Trinajstić information content (AvgIpc) is 2.43. The summed E-state index contributed by atoms with van der Waals surface area (Å²) in [5.41, 5.74) is 2.13. The molecule has 0 aliphatic heterocycles. The molecular formula is C15H16N2O2. The van der Waals surface area contributed by atoms with Crippen LogP contribution in [0.2, 0.25) is 0 Å². The van der Waals surface area contributed by atoms with Gasteiger partial charge in [0.15, 0.2) is 0 Å². The van der Waals surface area contributed by atoms with Crippen molar-refractivity contribution in [3.8, 4) is 5.75 Å². The van der Waals surface area contributed by atoms with E-state index in [2.05, 4.69) is 10.3 Å². The van der Waals surface area contributed by atoms with Gasteiger partial charge in [-0.1, -0.05) is 12.1 Å². The van der Waals surface area contributed by atoms with Crippen molar-refractivity contribution in [2.75, 3.05) is 6.54 Å². The van der Waals surface area contributed by atoms with Gasteiger partial charge in [-0.3, -0.25) is 9.78 Å². The molecule has 0 aliphatic carbocycles. The summed E-state index contributed by atoms with van der Waals surface area (Å²) in [4.78, 5) is 15.9. The molecule has 4 nitrogen and oxygen atoms in total. The summed E-state index contributed by atoms with van der Waals surface area (Å²) in [6.45, 7) is 2.29. The number of phenols is 1. The Bertz CT molecular complexity index is 568. The summed E-state index contributed by atoms with van der Waals surface area (Å²) >= 11 is 0. The minimum atomic E-state index is -0.254. The van der Waals surface area contributed by atoms with Gasteiger partial charge in [0.1, 0.15) is 5.75 Å². The molecule has 1 heterocycles. The molecule has 2 rings (SSSR count). The van der Waals surface area contributed by atoms with E-state index in [0.29, 0.717) is 17.7 Å². The Kier molecular flexibility index (Phi) is 4.13. The molecule has 0 radical (unpaired) electrons. The van der Waals surface area contributed by atoms with Crippen LogP contribution in [0.15, 0.2) is 42.7 Å². The average molecular weight is 256 g/mol. The number of nitrogens with zero attached hydrogens (tertiary/aromatic N) is 1. The lowest BCUT2D eigenvalue weighted by Crippen LogP contribution is -2.25. The fourth-order valence-corrected chi connectivity index (χ4v) is 1.81. The van der Waals surface area contributed by atoms with Gasteiger partial charge in [-0.2, -0.15) is 0 Å². The van der Waals surface area contributed by atoms with Crippen LogP contribution in [-0.4, -0.2) is 22.5 Å². The number of carbonyl (C=O) groups is 1. The minimum absolute atomic E-state index is 0.0453. The van der Waals surface area contributed by atoms with Crippen molar-refractivity contribution in [3.63, 3.8) is 0 Å². The van der Waals surface area contributed by atoms with Gasteiger partial charge in [0, 0.05) is 18.9 Å². The topological polar surface area (TPSA) is 62.2 Å². The van der Waals surface area contributed by atoms with Crippen molar-refractivity contribution in [3.05, 3.63) is 59.4 Å². The van der Waals surface area contributed by atoms with E-state index in [4.69, 9.17) is 0 Å². The standard InChI is InChI=1S/C15H16N2O2/c1-11-3-2-4-13(14(11)18)15(19)17-10-7-12-5-8-16-9-6-12/h2-6,8-9,18H,7,10H2,1H3,(H,17,19). The number of para-hydroxylation sites is 1. The Balaban J connectivity index is 1.93. The summed E-state index contributed by atoms with van der Waals surface area (Å²) in [5.74, 6) is -0.209. The highest BCUT2D eigenvalue weighted by atomic mass is 16.3. The predicted octanol–water partition coefficient (Wildman–Crippen LogP) is 2.07. The molecule has 1 aromatic carbocycles. The molecule has 1 aromatic heterocycles. The second-order valence-electron chi connectivity index (χ2n) is 4.33. The minimum Gasteiger partial charge on any atom is -0.507 e. The first-order valence-corrected chi connectivity index (χ1v) is 6.14. The number of pyridine rings is 1. The molecule has 2 N–H and O–H groups in total. The first-order valence-electron chi connectivity index (χ1n) is 6.14. The second-order valence-corrected chi connectivity index (χ2v) is 4.33. The maximum atomic E-state index is 11.9. The van der Waals surface area contributed by atoms with Gasteiger partial charge in [0.25, 0.3) is 5.91 Å². The molecule has 0 saturated carbocycles. The zero-order valence-corrected chi connectivity index (χ0v) is 10.8. The molecule has 0 aliphatic rings. The third-order valence-corrected chi connectivity index (χ3v) is 2.93. The molecule has 0 spiro atoms. The van der Waals surface area contributed by atoms with Gasteiger partial charge < -0.3 is 10.4 Å². The molecule has 0 saturated heterocycles. The lowest BCUT2D eigenvalue weighted by Gasteiger charge is -2.08. The van der Waals surface area contributed by atoms with E-state index in [9.17, 15) is 9.90 Å². The van der Waals surface area contributed by atoms with E-state index in [1.165, 1.54) is 0 Å². The number of rotatable bonds is 4. The van der Waals surface area contributed by atoms with Crippen molar-refractivity contribution in [1.82, 2.24) is 10.3 Å². The van der Waals surface area contributed by atoms with Gasteiger partial charge in [0.05, 0.1) is 5.56 Å². The smallest absolute Gasteiger partial charge is 0.255 e. The van der Waals surface area contributed by atoms with E-state index < -0.39 is 0 Å². The summed E-state index contributed by atoms with van der Waals surface area (Å²) < 4.78 is 0. The van der Waals surface area contributed by atoms with Crippen molar-refractivity contribution in [2.24, 2.45) is 0 Å². The van der Waals surface area contributed by atoms with Crippen LogP contribution in [0.3, 0.4) is 0 Å². The van der Waals surface area contributed by atoms with Gasteiger partial charge in [-0.25, -0.2) is 0 Å². The van der Waals surface area contributed by atoms with Crippen molar-refractivity contribution in [1.29, 1.82) is 0 Å². The Hall–Kier alpha value is -2.36. The Labute approximate surface area is 112 Å². The van der Waals surface area contributed by atoms with Crippen molar-refractivity contribution in [2.45, 2.75) is 13.3 Å². The number of aromatic hydroxyl groups is 1. The molecule has 0 bridgehead atoms. The molecule has 2 aromatic rings. The van der Waals surface area contributed by atoms with E-state index in [1.807, 2.05) is 12.1 Å². The maximum absolute atomic E-state index is 11.9. The zero-order chi connectivity index (χ0) is 13.7. The van der Waals surface area contributed by atoms with E-state index in [-0.39, 0.29) is 11.7 Å². The fraction of sp³-hybridized carbons (Fsp3) is 0.200. The van der Waals surface area contributed by atoms with Crippen LogP contribution in [-0.2, 0) is 6.42 Å². The van der Waals surface area contributed by atoms with Crippen LogP contribution < -0.4 is 5.32 Å². The number of phenolic OH excluding ortho intramolecular Hbond substituents is 1. The predicted molar refractivity (Wildman–Crippen MR) is 73.1 cm³/mol.